The predicted molar refractivity (Wildman–Crippen MR) is 96.1 cm³/mol. The second-order valence-electron chi connectivity index (χ2n) is 6.38. The predicted octanol–water partition coefficient (Wildman–Crippen LogP) is 3.23. The van der Waals surface area contributed by atoms with Crippen molar-refractivity contribution < 1.29 is 14.3 Å². The number of nitrogens with one attached hydrogen (secondary N) is 1. The van der Waals surface area contributed by atoms with Crippen LogP contribution in [0.25, 0.3) is 0 Å². The Hall–Kier alpha value is -2.69. The number of anilines is 1. The lowest BCUT2D eigenvalue weighted by atomic mass is 10.0. The first kappa shape index (κ1) is 15.8. The van der Waals surface area contributed by atoms with Crippen LogP contribution in [0.1, 0.15) is 24.4 Å². The lowest BCUT2D eigenvalue weighted by molar-refractivity contribution is -0.131. The third-order valence-corrected chi connectivity index (χ3v) is 4.65. The minimum Gasteiger partial charge on any atom is -0.486 e. The highest BCUT2D eigenvalue weighted by molar-refractivity contribution is 5.86. The van der Waals surface area contributed by atoms with Crippen molar-refractivity contribution in [1.82, 2.24) is 4.90 Å². The number of likely N-dealkylation sites (tertiary alicyclic amines) is 1. The zero-order valence-electron chi connectivity index (χ0n) is 14.1. The van der Waals surface area contributed by atoms with E-state index in [4.69, 9.17) is 9.47 Å². The molecule has 0 bridgehead atoms. The van der Waals surface area contributed by atoms with Crippen molar-refractivity contribution in [2.45, 2.75) is 18.9 Å². The van der Waals surface area contributed by atoms with Crippen molar-refractivity contribution in [2.24, 2.45) is 0 Å². The molecule has 1 amide bonds. The van der Waals surface area contributed by atoms with Crippen LogP contribution in [0.15, 0.2) is 48.5 Å². The van der Waals surface area contributed by atoms with Crippen LogP contribution in [-0.4, -0.2) is 37.1 Å². The summed E-state index contributed by atoms with van der Waals surface area (Å²) >= 11 is 0. The van der Waals surface area contributed by atoms with E-state index in [9.17, 15) is 4.79 Å². The number of rotatable bonds is 4. The molecule has 2 aromatic carbocycles. The number of hydrogen-bond acceptors (Lipinski definition) is 4. The van der Waals surface area contributed by atoms with Crippen LogP contribution in [0.2, 0.25) is 0 Å². The van der Waals surface area contributed by atoms with E-state index in [1.807, 2.05) is 53.4 Å². The molecule has 5 heteroatoms. The molecular weight excluding hydrogens is 316 g/mol. The second-order valence-corrected chi connectivity index (χ2v) is 6.38. The number of nitrogens with zero attached hydrogens (tertiary/aromatic N) is 1. The highest BCUT2D eigenvalue weighted by Crippen LogP contribution is 2.34. The van der Waals surface area contributed by atoms with Crippen molar-refractivity contribution in [2.75, 3.05) is 31.6 Å². The van der Waals surface area contributed by atoms with Gasteiger partial charge in [-0.05, 0) is 30.5 Å². The molecule has 0 saturated carbocycles. The minimum absolute atomic E-state index is 0.124. The Bertz CT molecular complexity index is 742. The standard InChI is InChI=1S/C20H22N2O3/c23-20(22-10-4-5-11-22)19(15-6-2-1-3-7-15)21-16-8-9-17-18(14-16)25-13-12-24-17/h1-3,6-9,14,19,21H,4-5,10-13H2. The number of ether oxygens (including phenoxy) is 2. The summed E-state index contributed by atoms with van der Waals surface area (Å²) < 4.78 is 11.2. The number of fused-ring (bicyclic) bond motifs is 1. The van der Waals surface area contributed by atoms with Crippen LogP contribution >= 0.6 is 0 Å². The Balaban J connectivity index is 1.61. The van der Waals surface area contributed by atoms with Gasteiger partial charge in [-0.25, -0.2) is 0 Å². The summed E-state index contributed by atoms with van der Waals surface area (Å²) in [6, 6.07) is 15.2. The fraction of sp³-hybridized carbons (Fsp3) is 0.350. The fourth-order valence-corrected chi connectivity index (χ4v) is 3.35. The van der Waals surface area contributed by atoms with Crippen LogP contribution in [0.5, 0.6) is 11.5 Å². The molecule has 1 saturated heterocycles. The van der Waals surface area contributed by atoms with Gasteiger partial charge in [-0.15, -0.1) is 0 Å². The van der Waals surface area contributed by atoms with Gasteiger partial charge in [0.05, 0.1) is 0 Å². The average molecular weight is 338 g/mol. The number of amides is 1. The van der Waals surface area contributed by atoms with Gasteiger partial charge in [0.15, 0.2) is 11.5 Å². The average Bonchev–Trinajstić information content (AvgIpc) is 3.21. The number of carbonyl (C=O) groups is 1. The summed E-state index contributed by atoms with van der Waals surface area (Å²) in [4.78, 5) is 15.0. The molecular formula is C20H22N2O3. The lowest BCUT2D eigenvalue weighted by Crippen LogP contribution is -2.36. The van der Waals surface area contributed by atoms with Crippen LogP contribution < -0.4 is 14.8 Å². The van der Waals surface area contributed by atoms with E-state index in [-0.39, 0.29) is 5.91 Å². The molecule has 1 N–H and O–H groups in total. The Morgan fingerprint density at radius 1 is 0.960 bits per heavy atom. The Kier molecular flexibility index (Phi) is 4.46. The summed E-state index contributed by atoms with van der Waals surface area (Å²) in [7, 11) is 0. The monoisotopic (exact) mass is 338 g/mol. The maximum Gasteiger partial charge on any atom is 0.249 e. The normalized spacial score (nSPS) is 17.2. The summed E-state index contributed by atoms with van der Waals surface area (Å²) in [5.41, 5.74) is 1.82. The zero-order valence-corrected chi connectivity index (χ0v) is 14.1. The van der Waals surface area contributed by atoms with Gasteiger partial charge in [0.2, 0.25) is 5.91 Å². The summed E-state index contributed by atoms with van der Waals surface area (Å²) in [6.07, 6.45) is 2.16. The molecule has 2 aromatic rings. The topological polar surface area (TPSA) is 50.8 Å². The van der Waals surface area contributed by atoms with Crippen molar-refractivity contribution >= 4 is 11.6 Å². The van der Waals surface area contributed by atoms with Gasteiger partial charge in [-0.3, -0.25) is 4.79 Å². The molecule has 2 aliphatic rings. The van der Waals surface area contributed by atoms with Gasteiger partial charge < -0.3 is 19.7 Å². The van der Waals surface area contributed by atoms with Gasteiger partial charge >= 0.3 is 0 Å². The fourth-order valence-electron chi connectivity index (χ4n) is 3.35. The Morgan fingerprint density at radius 2 is 1.68 bits per heavy atom. The number of benzene rings is 2. The van der Waals surface area contributed by atoms with Crippen LogP contribution in [0.3, 0.4) is 0 Å². The zero-order chi connectivity index (χ0) is 17.1. The molecule has 2 heterocycles. The number of carbonyl (C=O) groups excluding carboxylic acids is 1. The molecule has 0 aliphatic carbocycles. The molecule has 1 atom stereocenters. The molecule has 2 aliphatic heterocycles. The van der Waals surface area contributed by atoms with Gasteiger partial charge in [-0.2, -0.15) is 0 Å². The molecule has 0 spiro atoms. The lowest BCUT2D eigenvalue weighted by Gasteiger charge is -2.26. The van der Waals surface area contributed by atoms with E-state index < -0.39 is 6.04 Å². The maximum absolute atomic E-state index is 13.0. The maximum atomic E-state index is 13.0. The van der Waals surface area contributed by atoms with Crippen LogP contribution in [0.4, 0.5) is 5.69 Å². The number of hydrogen-bond donors (Lipinski definition) is 1. The van der Waals surface area contributed by atoms with Gasteiger partial charge in [0.1, 0.15) is 19.3 Å². The Labute approximate surface area is 147 Å². The third-order valence-electron chi connectivity index (χ3n) is 4.65. The van der Waals surface area contributed by atoms with Crippen molar-refractivity contribution in [3.63, 3.8) is 0 Å². The summed E-state index contributed by atoms with van der Waals surface area (Å²) in [5.74, 6) is 1.59. The summed E-state index contributed by atoms with van der Waals surface area (Å²) in [5, 5.41) is 3.40. The van der Waals surface area contributed by atoms with E-state index in [0.717, 1.165) is 48.7 Å². The molecule has 0 aromatic heterocycles. The van der Waals surface area contributed by atoms with E-state index in [0.29, 0.717) is 13.2 Å². The molecule has 1 fully saturated rings. The van der Waals surface area contributed by atoms with Crippen molar-refractivity contribution in [3.05, 3.63) is 54.1 Å². The summed E-state index contributed by atoms with van der Waals surface area (Å²) in [6.45, 7) is 2.79. The second kappa shape index (κ2) is 7.05. The first-order valence-electron chi connectivity index (χ1n) is 8.81. The molecule has 4 rings (SSSR count). The first-order chi connectivity index (χ1) is 12.3. The quantitative estimate of drug-likeness (QED) is 0.930. The minimum atomic E-state index is -0.401. The van der Waals surface area contributed by atoms with Gasteiger partial charge in [0, 0.05) is 24.8 Å². The smallest absolute Gasteiger partial charge is 0.249 e. The Morgan fingerprint density at radius 3 is 2.44 bits per heavy atom. The van der Waals surface area contributed by atoms with Crippen LogP contribution in [-0.2, 0) is 4.79 Å². The van der Waals surface area contributed by atoms with E-state index in [2.05, 4.69) is 5.32 Å². The molecule has 130 valence electrons. The third kappa shape index (κ3) is 3.40. The molecule has 0 radical (unpaired) electrons. The van der Waals surface area contributed by atoms with Gasteiger partial charge in [-0.1, -0.05) is 30.3 Å². The van der Waals surface area contributed by atoms with Crippen LogP contribution in [0, 0.1) is 0 Å². The molecule has 25 heavy (non-hydrogen) atoms. The van der Waals surface area contributed by atoms with Crippen molar-refractivity contribution in [1.29, 1.82) is 0 Å². The molecule has 5 nitrogen and oxygen atoms in total. The highest BCUT2D eigenvalue weighted by Gasteiger charge is 2.28. The largest absolute Gasteiger partial charge is 0.486 e. The van der Waals surface area contributed by atoms with Crippen molar-refractivity contribution in [3.8, 4) is 11.5 Å². The van der Waals surface area contributed by atoms with E-state index in [1.54, 1.807) is 0 Å². The van der Waals surface area contributed by atoms with E-state index >= 15 is 0 Å². The van der Waals surface area contributed by atoms with Gasteiger partial charge in [0.25, 0.3) is 0 Å². The SMILES string of the molecule is O=C(C(Nc1ccc2c(c1)OCCO2)c1ccccc1)N1CCCC1. The highest BCUT2D eigenvalue weighted by atomic mass is 16.6. The first-order valence-corrected chi connectivity index (χ1v) is 8.81. The molecule has 1 unspecified atom stereocenters. The van der Waals surface area contributed by atoms with E-state index in [1.165, 1.54) is 0 Å².